The van der Waals surface area contributed by atoms with Crippen molar-refractivity contribution < 1.29 is 23.7 Å². The number of methoxy groups -OCH3 is 2. The van der Waals surface area contributed by atoms with Crippen molar-refractivity contribution in [1.82, 2.24) is 0 Å². The zero-order chi connectivity index (χ0) is 16.7. The van der Waals surface area contributed by atoms with Crippen LogP contribution in [0.5, 0.6) is 23.0 Å². The standard InChI is InChI=1S/C19H18O5/c1-21-13-5-3-11(4-6-13)7-12-8-15(20)14-9-16-18(24-10-23-16)19(22-2)17(12)14/h3-6,9,12H,7-8,10H2,1-2H3. The van der Waals surface area contributed by atoms with Gasteiger partial charge >= 0.3 is 0 Å². The Morgan fingerprint density at radius 1 is 1.12 bits per heavy atom. The summed E-state index contributed by atoms with van der Waals surface area (Å²) in [6.07, 6.45) is 1.24. The van der Waals surface area contributed by atoms with E-state index in [1.54, 1.807) is 20.3 Å². The molecule has 1 atom stereocenters. The SMILES string of the molecule is COc1ccc(CC2CC(=O)c3cc4c(c(OC)c32)OCO4)cc1. The predicted octanol–water partition coefficient (Wildman–Crippen LogP) is 3.35. The Morgan fingerprint density at radius 3 is 2.62 bits per heavy atom. The van der Waals surface area contributed by atoms with Crippen molar-refractivity contribution in [3.63, 3.8) is 0 Å². The highest BCUT2D eigenvalue weighted by Crippen LogP contribution is 2.51. The van der Waals surface area contributed by atoms with E-state index in [-0.39, 0.29) is 18.5 Å². The van der Waals surface area contributed by atoms with Gasteiger partial charge in [0.25, 0.3) is 0 Å². The first-order valence-electron chi connectivity index (χ1n) is 7.88. The average molecular weight is 326 g/mol. The van der Waals surface area contributed by atoms with Gasteiger partial charge in [-0.15, -0.1) is 0 Å². The molecule has 5 nitrogen and oxygen atoms in total. The second-order valence-corrected chi connectivity index (χ2v) is 5.98. The summed E-state index contributed by atoms with van der Waals surface area (Å²) in [5, 5.41) is 0. The molecule has 4 rings (SSSR count). The van der Waals surface area contributed by atoms with Crippen LogP contribution in [0.1, 0.15) is 33.8 Å². The van der Waals surface area contributed by atoms with Gasteiger partial charge in [-0.05, 0) is 36.1 Å². The van der Waals surface area contributed by atoms with Crippen LogP contribution in [0.2, 0.25) is 0 Å². The molecule has 124 valence electrons. The summed E-state index contributed by atoms with van der Waals surface area (Å²) in [5.41, 5.74) is 2.78. The number of fused-ring (bicyclic) bond motifs is 2. The molecular formula is C19H18O5. The molecule has 2 aromatic carbocycles. The number of carbonyl (C=O) groups is 1. The lowest BCUT2D eigenvalue weighted by Gasteiger charge is -2.16. The van der Waals surface area contributed by atoms with Crippen LogP contribution in [-0.4, -0.2) is 26.8 Å². The Balaban J connectivity index is 1.72. The van der Waals surface area contributed by atoms with Crippen LogP contribution in [0, 0.1) is 0 Å². The van der Waals surface area contributed by atoms with Crippen LogP contribution in [0.3, 0.4) is 0 Å². The molecule has 0 spiro atoms. The molecule has 1 aliphatic carbocycles. The van der Waals surface area contributed by atoms with Crippen LogP contribution < -0.4 is 18.9 Å². The summed E-state index contributed by atoms with van der Waals surface area (Å²) in [7, 11) is 3.25. The third-order valence-corrected chi connectivity index (χ3v) is 4.64. The van der Waals surface area contributed by atoms with Crippen molar-refractivity contribution in [1.29, 1.82) is 0 Å². The third-order valence-electron chi connectivity index (χ3n) is 4.64. The number of ketones is 1. The van der Waals surface area contributed by atoms with Crippen LogP contribution in [0.4, 0.5) is 0 Å². The Labute approximate surface area is 140 Å². The van der Waals surface area contributed by atoms with E-state index in [1.165, 1.54) is 0 Å². The lowest BCUT2D eigenvalue weighted by molar-refractivity contribution is 0.0988. The van der Waals surface area contributed by atoms with Crippen molar-refractivity contribution in [2.45, 2.75) is 18.8 Å². The first kappa shape index (κ1) is 14.9. The number of carbonyl (C=O) groups excluding carboxylic acids is 1. The van der Waals surface area contributed by atoms with E-state index in [4.69, 9.17) is 18.9 Å². The molecule has 0 saturated carbocycles. The number of hydrogen-bond donors (Lipinski definition) is 0. The maximum Gasteiger partial charge on any atom is 0.231 e. The molecule has 1 heterocycles. The fourth-order valence-corrected chi connectivity index (χ4v) is 3.52. The monoisotopic (exact) mass is 326 g/mol. The summed E-state index contributed by atoms with van der Waals surface area (Å²) < 4.78 is 21.7. The molecule has 1 aliphatic heterocycles. The van der Waals surface area contributed by atoms with Gasteiger partial charge in [-0.1, -0.05) is 12.1 Å². The second-order valence-electron chi connectivity index (χ2n) is 5.98. The maximum atomic E-state index is 12.5. The van der Waals surface area contributed by atoms with Gasteiger partial charge in [-0.3, -0.25) is 4.79 Å². The average Bonchev–Trinajstić information content (AvgIpc) is 3.19. The molecule has 0 aromatic heterocycles. The topological polar surface area (TPSA) is 54.0 Å². The van der Waals surface area contributed by atoms with Gasteiger partial charge in [0.2, 0.25) is 12.5 Å². The van der Waals surface area contributed by atoms with Gasteiger partial charge in [-0.25, -0.2) is 0 Å². The molecule has 2 aromatic rings. The third kappa shape index (κ3) is 2.28. The van der Waals surface area contributed by atoms with Crippen LogP contribution >= 0.6 is 0 Å². The molecular weight excluding hydrogens is 308 g/mol. The lowest BCUT2D eigenvalue weighted by Crippen LogP contribution is -2.02. The number of Topliss-reactive ketones (excluding diaryl/α,β-unsaturated/α-hetero) is 1. The van der Waals surface area contributed by atoms with Gasteiger partial charge in [-0.2, -0.15) is 0 Å². The van der Waals surface area contributed by atoms with Gasteiger partial charge in [0, 0.05) is 17.5 Å². The van der Waals surface area contributed by atoms with Crippen LogP contribution in [-0.2, 0) is 6.42 Å². The zero-order valence-electron chi connectivity index (χ0n) is 13.6. The number of benzene rings is 2. The highest BCUT2D eigenvalue weighted by Gasteiger charge is 2.37. The van der Waals surface area contributed by atoms with E-state index in [9.17, 15) is 4.79 Å². The molecule has 0 saturated heterocycles. The minimum atomic E-state index is 0.0744. The zero-order valence-corrected chi connectivity index (χ0v) is 13.6. The van der Waals surface area contributed by atoms with Crippen LogP contribution in [0.15, 0.2) is 30.3 Å². The number of hydrogen-bond acceptors (Lipinski definition) is 5. The van der Waals surface area contributed by atoms with Crippen molar-refractivity contribution in [3.05, 3.63) is 47.0 Å². The maximum absolute atomic E-state index is 12.5. The number of ether oxygens (including phenoxy) is 4. The summed E-state index contributed by atoms with van der Waals surface area (Å²) in [5.74, 6) is 2.84. The predicted molar refractivity (Wildman–Crippen MR) is 87.5 cm³/mol. The quantitative estimate of drug-likeness (QED) is 0.862. The molecule has 0 radical (unpaired) electrons. The largest absolute Gasteiger partial charge is 0.497 e. The van der Waals surface area contributed by atoms with Crippen molar-refractivity contribution in [3.8, 4) is 23.0 Å². The van der Waals surface area contributed by atoms with E-state index in [2.05, 4.69) is 0 Å². The molecule has 24 heavy (non-hydrogen) atoms. The summed E-state index contributed by atoms with van der Waals surface area (Å²) in [6.45, 7) is 0.159. The van der Waals surface area contributed by atoms with E-state index in [0.29, 0.717) is 29.2 Å². The van der Waals surface area contributed by atoms with Gasteiger partial charge in [0.1, 0.15) is 5.75 Å². The first-order valence-corrected chi connectivity index (χ1v) is 7.88. The Hall–Kier alpha value is -2.69. The normalized spacial score (nSPS) is 17.8. The molecule has 2 aliphatic rings. The Kier molecular flexibility index (Phi) is 3.56. The Morgan fingerprint density at radius 2 is 1.92 bits per heavy atom. The van der Waals surface area contributed by atoms with E-state index >= 15 is 0 Å². The van der Waals surface area contributed by atoms with Crippen molar-refractivity contribution >= 4 is 5.78 Å². The summed E-state index contributed by atoms with van der Waals surface area (Å²) in [4.78, 5) is 12.5. The highest BCUT2D eigenvalue weighted by molar-refractivity contribution is 6.03. The molecule has 1 unspecified atom stereocenters. The second kappa shape index (κ2) is 5.74. The molecule has 5 heteroatoms. The summed E-state index contributed by atoms with van der Waals surface area (Å²) in [6, 6.07) is 9.71. The first-order chi connectivity index (χ1) is 11.7. The van der Waals surface area contributed by atoms with E-state index in [0.717, 1.165) is 23.3 Å². The molecule has 0 bridgehead atoms. The smallest absolute Gasteiger partial charge is 0.231 e. The summed E-state index contributed by atoms with van der Waals surface area (Å²) >= 11 is 0. The minimum absolute atomic E-state index is 0.0744. The Bertz CT molecular complexity index is 794. The van der Waals surface area contributed by atoms with E-state index < -0.39 is 0 Å². The lowest BCUT2D eigenvalue weighted by atomic mass is 9.92. The highest BCUT2D eigenvalue weighted by atomic mass is 16.7. The number of rotatable bonds is 4. The van der Waals surface area contributed by atoms with Crippen molar-refractivity contribution in [2.75, 3.05) is 21.0 Å². The minimum Gasteiger partial charge on any atom is -0.497 e. The fraction of sp³-hybridized carbons (Fsp3) is 0.316. The van der Waals surface area contributed by atoms with Gasteiger partial charge in [0.15, 0.2) is 17.3 Å². The van der Waals surface area contributed by atoms with Gasteiger partial charge < -0.3 is 18.9 Å². The molecule has 0 N–H and O–H groups in total. The molecule has 0 amide bonds. The van der Waals surface area contributed by atoms with Crippen molar-refractivity contribution in [2.24, 2.45) is 0 Å². The van der Waals surface area contributed by atoms with Crippen LogP contribution in [0.25, 0.3) is 0 Å². The molecule has 0 fully saturated rings. The fourth-order valence-electron chi connectivity index (χ4n) is 3.52. The van der Waals surface area contributed by atoms with Gasteiger partial charge in [0.05, 0.1) is 14.2 Å². The van der Waals surface area contributed by atoms with E-state index in [1.807, 2.05) is 24.3 Å².